The molecule has 76 valence electrons. The molecule has 0 aromatic carbocycles. The van der Waals surface area contributed by atoms with Crippen LogP contribution in [0, 0.1) is 5.92 Å². The molecule has 0 aromatic heterocycles. The van der Waals surface area contributed by atoms with Gasteiger partial charge >= 0.3 is 0 Å². The summed E-state index contributed by atoms with van der Waals surface area (Å²) in [5, 5.41) is 28.9. The van der Waals surface area contributed by atoms with Gasteiger partial charge in [-0.25, -0.2) is 0 Å². The minimum Gasteiger partial charge on any atom is -0.390 e. The van der Waals surface area contributed by atoms with Crippen LogP contribution in [0.1, 0.15) is 27.2 Å². The number of hydrogen-bond donors (Lipinski definition) is 3. The maximum absolute atomic E-state index is 9.72. The fourth-order valence-electron chi connectivity index (χ4n) is 1.77. The van der Waals surface area contributed by atoms with Crippen molar-refractivity contribution in [2.24, 2.45) is 5.92 Å². The summed E-state index contributed by atoms with van der Waals surface area (Å²) in [5.41, 5.74) is -0.162. The average molecular weight is 186 g/mol. The Hall–Kier alpha value is -0.380. The highest BCUT2D eigenvalue weighted by molar-refractivity contribution is 5.15. The predicted molar refractivity (Wildman–Crippen MR) is 50.2 cm³/mol. The maximum atomic E-state index is 9.72. The summed E-state index contributed by atoms with van der Waals surface area (Å²) in [6.07, 6.45) is 0.868. The number of hydrogen-bond acceptors (Lipinski definition) is 3. The highest BCUT2D eigenvalue weighted by Gasteiger charge is 2.36. The van der Waals surface area contributed by atoms with Crippen LogP contribution < -0.4 is 0 Å². The summed E-state index contributed by atoms with van der Waals surface area (Å²) in [6, 6.07) is 0. The first-order chi connectivity index (χ1) is 5.82. The lowest BCUT2D eigenvalue weighted by molar-refractivity contribution is -0.0542. The van der Waals surface area contributed by atoms with Crippen LogP contribution in [-0.4, -0.2) is 33.1 Å². The van der Waals surface area contributed by atoms with Crippen molar-refractivity contribution in [3.05, 3.63) is 11.6 Å². The first-order valence-corrected chi connectivity index (χ1v) is 4.59. The summed E-state index contributed by atoms with van der Waals surface area (Å²) in [7, 11) is 0. The number of rotatable bonds is 1. The molecule has 0 fully saturated rings. The van der Waals surface area contributed by atoms with Crippen molar-refractivity contribution < 1.29 is 15.3 Å². The van der Waals surface area contributed by atoms with Gasteiger partial charge in [-0.2, -0.15) is 0 Å². The zero-order chi connectivity index (χ0) is 10.2. The third kappa shape index (κ3) is 2.30. The van der Waals surface area contributed by atoms with Gasteiger partial charge in [-0.1, -0.05) is 6.08 Å². The van der Waals surface area contributed by atoms with E-state index in [1.165, 1.54) is 0 Å². The standard InChI is InChI=1S/C10H18O3/c1-6-4-9(12)7(5-8(6)11)10(2,3)13/h4,7-9,11-13H,5H2,1-3H3/t7-,8-,9-/m0/s1. The van der Waals surface area contributed by atoms with Gasteiger partial charge in [0.15, 0.2) is 0 Å². The molecular weight excluding hydrogens is 168 g/mol. The maximum Gasteiger partial charge on any atom is 0.0780 e. The molecule has 0 radical (unpaired) electrons. The van der Waals surface area contributed by atoms with Crippen LogP contribution in [-0.2, 0) is 0 Å². The fraction of sp³-hybridized carbons (Fsp3) is 0.800. The Morgan fingerprint density at radius 3 is 2.38 bits per heavy atom. The van der Waals surface area contributed by atoms with Gasteiger partial charge in [0, 0.05) is 5.92 Å². The van der Waals surface area contributed by atoms with E-state index in [9.17, 15) is 15.3 Å². The Morgan fingerprint density at radius 1 is 1.38 bits per heavy atom. The van der Waals surface area contributed by atoms with E-state index >= 15 is 0 Å². The van der Waals surface area contributed by atoms with Crippen molar-refractivity contribution in [2.75, 3.05) is 0 Å². The van der Waals surface area contributed by atoms with Crippen LogP contribution in [0.15, 0.2) is 11.6 Å². The van der Waals surface area contributed by atoms with Crippen LogP contribution >= 0.6 is 0 Å². The Labute approximate surface area is 78.7 Å². The first-order valence-electron chi connectivity index (χ1n) is 4.59. The quantitative estimate of drug-likeness (QED) is 0.521. The second-order valence-corrected chi connectivity index (χ2v) is 4.41. The van der Waals surface area contributed by atoms with Crippen LogP contribution in [0.2, 0.25) is 0 Å². The zero-order valence-electron chi connectivity index (χ0n) is 8.36. The summed E-state index contributed by atoms with van der Waals surface area (Å²) in [6.45, 7) is 5.10. The molecule has 13 heavy (non-hydrogen) atoms. The normalized spacial score (nSPS) is 35.8. The second kappa shape index (κ2) is 3.40. The molecular formula is C10H18O3. The molecule has 3 N–H and O–H groups in total. The fourth-order valence-corrected chi connectivity index (χ4v) is 1.77. The van der Waals surface area contributed by atoms with Crippen molar-refractivity contribution in [1.29, 1.82) is 0 Å². The van der Waals surface area contributed by atoms with Crippen LogP contribution in [0.5, 0.6) is 0 Å². The van der Waals surface area contributed by atoms with Gasteiger partial charge in [-0.15, -0.1) is 0 Å². The molecule has 0 saturated carbocycles. The van der Waals surface area contributed by atoms with Gasteiger partial charge in [0.05, 0.1) is 17.8 Å². The van der Waals surface area contributed by atoms with Crippen molar-refractivity contribution in [3.8, 4) is 0 Å². The SMILES string of the molecule is CC1=C[C@H](O)[C@@H](C(C)(C)O)C[C@@H]1O. The second-order valence-electron chi connectivity index (χ2n) is 4.41. The molecule has 0 unspecified atom stereocenters. The molecule has 0 aliphatic heterocycles. The third-order valence-electron chi connectivity index (χ3n) is 2.76. The van der Waals surface area contributed by atoms with Crippen molar-refractivity contribution >= 4 is 0 Å². The Balaban J connectivity index is 2.82. The van der Waals surface area contributed by atoms with E-state index < -0.39 is 17.8 Å². The van der Waals surface area contributed by atoms with Gasteiger partial charge in [0.1, 0.15) is 0 Å². The van der Waals surface area contributed by atoms with Crippen LogP contribution in [0.25, 0.3) is 0 Å². The summed E-state index contributed by atoms with van der Waals surface area (Å²) in [4.78, 5) is 0. The average Bonchev–Trinajstić information content (AvgIpc) is 1.94. The smallest absolute Gasteiger partial charge is 0.0780 e. The van der Waals surface area contributed by atoms with Gasteiger partial charge in [-0.05, 0) is 32.8 Å². The van der Waals surface area contributed by atoms with E-state index in [2.05, 4.69) is 0 Å². The summed E-state index contributed by atoms with van der Waals surface area (Å²) < 4.78 is 0. The Kier molecular flexibility index (Phi) is 2.80. The van der Waals surface area contributed by atoms with E-state index in [0.29, 0.717) is 6.42 Å². The minimum atomic E-state index is -0.947. The van der Waals surface area contributed by atoms with E-state index in [1.54, 1.807) is 26.8 Å². The molecule has 3 atom stereocenters. The van der Waals surface area contributed by atoms with E-state index in [0.717, 1.165) is 5.57 Å². The first kappa shape index (κ1) is 10.7. The van der Waals surface area contributed by atoms with Crippen LogP contribution in [0.4, 0.5) is 0 Å². The molecule has 0 aromatic rings. The molecule has 1 aliphatic rings. The lowest BCUT2D eigenvalue weighted by Crippen LogP contribution is -2.43. The van der Waals surface area contributed by atoms with Gasteiger partial charge in [0.25, 0.3) is 0 Å². The molecule has 3 heteroatoms. The number of aliphatic hydroxyl groups excluding tert-OH is 2. The van der Waals surface area contributed by atoms with E-state index in [-0.39, 0.29) is 5.92 Å². The Bertz CT molecular complexity index is 215. The highest BCUT2D eigenvalue weighted by Crippen LogP contribution is 2.32. The minimum absolute atomic E-state index is 0.286. The summed E-state index contributed by atoms with van der Waals surface area (Å²) >= 11 is 0. The van der Waals surface area contributed by atoms with Gasteiger partial charge in [-0.3, -0.25) is 0 Å². The monoisotopic (exact) mass is 186 g/mol. The molecule has 1 aliphatic carbocycles. The molecule has 0 saturated heterocycles. The lowest BCUT2D eigenvalue weighted by Gasteiger charge is -2.37. The summed E-state index contributed by atoms with van der Waals surface area (Å²) in [5.74, 6) is -0.286. The van der Waals surface area contributed by atoms with Gasteiger partial charge < -0.3 is 15.3 Å². The number of aliphatic hydroxyl groups is 3. The zero-order valence-corrected chi connectivity index (χ0v) is 8.36. The molecule has 0 spiro atoms. The predicted octanol–water partition coefficient (Wildman–Crippen LogP) is 0.445. The lowest BCUT2D eigenvalue weighted by atomic mass is 9.77. The molecule has 0 bridgehead atoms. The molecule has 0 heterocycles. The van der Waals surface area contributed by atoms with E-state index in [1.807, 2.05) is 0 Å². The Morgan fingerprint density at radius 2 is 1.92 bits per heavy atom. The highest BCUT2D eigenvalue weighted by atomic mass is 16.3. The van der Waals surface area contributed by atoms with Gasteiger partial charge in [0.2, 0.25) is 0 Å². The third-order valence-corrected chi connectivity index (χ3v) is 2.76. The van der Waals surface area contributed by atoms with Crippen molar-refractivity contribution in [1.82, 2.24) is 0 Å². The van der Waals surface area contributed by atoms with E-state index in [4.69, 9.17) is 0 Å². The largest absolute Gasteiger partial charge is 0.390 e. The molecule has 3 nitrogen and oxygen atoms in total. The topological polar surface area (TPSA) is 60.7 Å². The molecule has 0 amide bonds. The van der Waals surface area contributed by atoms with Crippen LogP contribution in [0.3, 0.4) is 0 Å². The van der Waals surface area contributed by atoms with Crippen molar-refractivity contribution in [3.63, 3.8) is 0 Å². The van der Waals surface area contributed by atoms with Crippen molar-refractivity contribution in [2.45, 2.75) is 45.0 Å². The molecule has 1 rings (SSSR count).